The molecule has 2 aromatic heterocycles. The Balaban J connectivity index is 1.99. The van der Waals surface area contributed by atoms with Crippen molar-refractivity contribution in [2.24, 2.45) is 5.41 Å². The van der Waals surface area contributed by atoms with E-state index in [-0.39, 0.29) is 16.8 Å². The van der Waals surface area contributed by atoms with Crippen LogP contribution in [0.4, 0.5) is 0 Å². The van der Waals surface area contributed by atoms with Gasteiger partial charge >= 0.3 is 0 Å². The molecule has 122 valence electrons. The molecule has 0 unspecified atom stereocenters. The van der Waals surface area contributed by atoms with Crippen LogP contribution in [0.3, 0.4) is 0 Å². The lowest BCUT2D eigenvalue weighted by atomic mass is 9.73. The molecule has 0 saturated carbocycles. The largest absolute Gasteiger partial charge is 0.294 e. The molecule has 1 aromatic carbocycles. The molecule has 0 saturated heterocycles. The molecule has 24 heavy (non-hydrogen) atoms. The summed E-state index contributed by atoms with van der Waals surface area (Å²) in [5.74, 6) is 0.0677. The maximum Gasteiger partial charge on any atom is 0.281 e. The van der Waals surface area contributed by atoms with E-state index < -0.39 is 0 Å². The van der Waals surface area contributed by atoms with E-state index in [1.165, 1.54) is 4.68 Å². The quantitative estimate of drug-likeness (QED) is 0.748. The van der Waals surface area contributed by atoms with Gasteiger partial charge in [0.15, 0.2) is 11.4 Å². The number of hydrogen-bond acceptors (Lipinski definition) is 3. The topological polar surface area (TPSA) is 67.8 Å². The van der Waals surface area contributed by atoms with Crippen molar-refractivity contribution in [1.29, 1.82) is 0 Å². The van der Waals surface area contributed by atoms with Gasteiger partial charge in [-0.1, -0.05) is 31.5 Å². The monoisotopic (exact) mass is 321 g/mol. The minimum Gasteiger partial charge on any atom is -0.294 e. The zero-order chi connectivity index (χ0) is 17.1. The fraction of sp³-hybridized carbons (Fsp3) is 0.316. The fourth-order valence-electron chi connectivity index (χ4n) is 3.50. The Kier molecular flexibility index (Phi) is 3.04. The van der Waals surface area contributed by atoms with E-state index in [0.717, 1.165) is 16.8 Å². The number of nitrogens with one attached hydrogen (secondary N) is 1. The second-order valence-electron chi connectivity index (χ2n) is 7.40. The lowest BCUT2D eigenvalue weighted by molar-refractivity contribution is 0.0912. The van der Waals surface area contributed by atoms with Crippen LogP contribution in [0.1, 0.15) is 41.8 Å². The minimum atomic E-state index is -0.149. The number of benzene rings is 1. The van der Waals surface area contributed by atoms with E-state index in [9.17, 15) is 9.59 Å². The van der Waals surface area contributed by atoms with Crippen LogP contribution in [0.25, 0.3) is 16.7 Å². The molecule has 1 N–H and O–H groups in total. The Bertz CT molecular complexity index is 1020. The summed E-state index contributed by atoms with van der Waals surface area (Å²) in [7, 11) is 0. The van der Waals surface area contributed by atoms with E-state index in [1.54, 1.807) is 6.20 Å². The highest BCUT2D eigenvalue weighted by molar-refractivity contribution is 6.02. The molecule has 0 radical (unpaired) electrons. The summed E-state index contributed by atoms with van der Waals surface area (Å²) in [6.45, 7) is 6.12. The number of aryl methyl sites for hydroxylation is 1. The SMILES string of the molecule is Cc1ccc(-n2[nH]c3ncc4c(c3c2=O)CC(C)(C)CC4=O)cc1. The van der Waals surface area contributed by atoms with Crippen LogP contribution in [0.2, 0.25) is 0 Å². The molecule has 5 heteroatoms. The van der Waals surface area contributed by atoms with Gasteiger partial charge in [0, 0.05) is 18.2 Å². The zero-order valence-electron chi connectivity index (χ0n) is 14.0. The highest BCUT2D eigenvalue weighted by Gasteiger charge is 2.33. The van der Waals surface area contributed by atoms with Crippen molar-refractivity contribution in [2.75, 3.05) is 0 Å². The molecule has 0 fully saturated rings. The Morgan fingerprint density at radius 1 is 1.12 bits per heavy atom. The van der Waals surface area contributed by atoms with Gasteiger partial charge in [-0.2, -0.15) is 0 Å². The van der Waals surface area contributed by atoms with Crippen LogP contribution in [0.15, 0.2) is 35.3 Å². The molecule has 1 aliphatic rings. The molecule has 2 heterocycles. The molecular weight excluding hydrogens is 302 g/mol. The van der Waals surface area contributed by atoms with E-state index in [2.05, 4.69) is 23.9 Å². The number of pyridine rings is 1. The van der Waals surface area contributed by atoms with Crippen LogP contribution in [0, 0.1) is 12.3 Å². The van der Waals surface area contributed by atoms with E-state index >= 15 is 0 Å². The number of rotatable bonds is 1. The van der Waals surface area contributed by atoms with Crippen molar-refractivity contribution in [3.05, 3.63) is 57.5 Å². The molecule has 0 amide bonds. The van der Waals surface area contributed by atoms with Gasteiger partial charge < -0.3 is 0 Å². The third-order valence-electron chi connectivity index (χ3n) is 4.71. The van der Waals surface area contributed by atoms with Gasteiger partial charge in [-0.15, -0.1) is 0 Å². The summed E-state index contributed by atoms with van der Waals surface area (Å²) in [4.78, 5) is 29.7. The highest BCUT2D eigenvalue weighted by atomic mass is 16.1. The first kappa shape index (κ1) is 14.9. The predicted octanol–water partition coefficient (Wildman–Crippen LogP) is 3.18. The Labute approximate surface area is 139 Å². The lowest BCUT2D eigenvalue weighted by Crippen LogP contribution is -2.28. The van der Waals surface area contributed by atoms with Gasteiger partial charge in [-0.05, 0) is 36.5 Å². The number of fused-ring (bicyclic) bond motifs is 3. The predicted molar refractivity (Wildman–Crippen MR) is 92.9 cm³/mol. The van der Waals surface area contributed by atoms with Crippen molar-refractivity contribution < 1.29 is 4.79 Å². The molecule has 4 rings (SSSR count). The first-order valence-corrected chi connectivity index (χ1v) is 8.09. The van der Waals surface area contributed by atoms with E-state index in [4.69, 9.17) is 0 Å². The maximum absolute atomic E-state index is 13.0. The summed E-state index contributed by atoms with van der Waals surface area (Å²) in [6, 6.07) is 7.72. The smallest absolute Gasteiger partial charge is 0.281 e. The van der Waals surface area contributed by atoms with Gasteiger partial charge in [0.2, 0.25) is 0 Å². The van der Waals surface area contributed by atoms with Gasteiger partial charge in [-0.3, -0.25) is 14.7 Å². The zero-order valence-corrected chi connectivity index (χ0v) is 14.0. The first-order valence-electron chi connectivity index (χ1n) is 8.09. The number of nitrogens with zero attached hydrogens (tertiary/aromatic N) is 2. The van der Waals surface area contributed by atoms with Crippen LogP contribution in [-0.2, 0) is 6.42 Å². The van der Waals surface area contributed by atoms with Crippen molar-refractivity contribution >= 4 is 16.8 Å². The Morgan fingerprint density at radius 2 is 1.83 bits per heavy atom. The summed E-state index contributed by atoms with van der Waals surface area (Å²) < 4.78 is 1.50. The summed E-state index contributed by atoms with van der Waals surface area (Å²) in [5, 5.41) is 3.61. The van der Waals surface area contributed by atoms with Crippen molar-refractivity contribution in [1.82, 2.24) is 14.8 Å². The highest BCUT2D eigenvalue weighted by Crippen LogP contribution is 2.36. The number of carbonyl (C=O) groups excluding carboxylic acids is 1. The lowest BCUT2D eigenvalue weighted by Gasteiger charge is -2.29. The summed E-state index contributed by atoms with van der Waals surface area (Å²) >= 11 is 0. The van der Waals surface area contributed by atoms with Gasteiger partial charge in [0.05, 0.1) is 11.1 Å². The number of H-pyrrole nitrogens is 1. The maximum atomic E-state index is 13.0. The van der Waals surface area contributed by atoms with E-state index in [1.807, 2.05) is 31.2 Å². The number of aromatic amines is 1. The van der Waals surface area contributed by atoms with Gasteiger partial charge in [0.1, 0.15) is 0 Å². The van der Waals surface area contributed by atoms with Gasteiger partial charge in [-0.25, -0.2) is 9.67 Å². The van der Waals surface area contributed by atoms with Crippen LogP contribution >= 0.6 is 0 Å². The fourth-order valence-corrected chi connectivity index (χ4v) is 3.50. The normalized spacial score (nSPS) is 16.4. The number of ketones is 1. The summed E-state index contributed by atoms with van der Waals surface area (Å²) in [6.07, 6.45) is 2.79. The number of carbonyl (C=O) groups is 1. The number of Topliss-reactive ketones (excluding diaryl/α,β-unsaturated/α-hetero) is 1. The van der Waals surface area contributed by atoms with Crippen LogP contribution in [-0.4, -0.2) is 20.5 Å². The van der Waals surface area contributed by atoms with E-state index in [0.29, 0.717) is 29.4 Å². The Morgan fingerprint density at radius 3 is 2.54 bits per heavy atom. The van der Waals surface area contributed by atoms with Gasteiger partial charge in [0.25, 0.3) is 5.56 Å². The van der Waals surface area contributed by atoms with Crippen LogP contribution in [0.5, 0.6) is 0 Å². The molecule has 0 bridgehead atoms. The van der Waals surface area contributed by atoms with Crippen molar-refractivity contribution in [2.45, 2.75) is 33.6 Å². The van der Waals surface area contributed by atoms with Crippen molar-refractivity contribution in [3.63, 3.8) is 0 Å². The standard InChI is InChI=1S/C19H19N3O2/c1-11-4-6-12(7-5-11)22-18(24)16-13-8-19(2,3)9-15(23)14(13)10-20-17(16)21-22/h4-7,10H,8-9H2,1-3H3,(H,20,21). The number of aromatic nitrogens is 3. The third kappa shape index (κ3) is 2.19. The second kappa shape index (κ2) is 4.90. The van der Waals surface area contributed by atoms with Crippen molar-refractivity contribution in [3.8, 4) is 5.69 Å². The first-order chi connectivity index (χ1) is 11.4. The molecule has 0 spiro atoms. The molecule has 1 aliphatic carbocycles. The third-order valence-corrected chi connectivity index (χ3v) is 4.71. The molecular formula is C19H19N3O2. The molecule has 5 nitrogen and oxygen atoms in total. The average Bonchev–Trinajstić information content (AvgIpc) is 2.84. The summed E-state index contributed by atoms with van der Waals surface area (Å²) in [5.41, 5.74) is 3.55. The van der Waals surface area contributed by atoms with Crippen LogP contribution < -0.4 is 5.56 Å². The average molecular weight is 321 g/mol. The Hall–Kier alpha value is -2.69. The molecule has 0 atom stereocenters. The second-order valence-corrected chi connectivity index (χ2v) is 7.40. The molecule has 0 aliphatic heterocycles. The minimum absolute atomic E-state index is 0.0677. The molecule has 3 aromatic rings. The number of hydrogen-bond donors (Lipinski definition) is 1.